The van der Waals surface area contributed by atoms with Gasteiger partial charge in [-0.25, -0.2) is 4.79 Å². The maximum atomic E-state index is 14.4. The van der Waals surface area contributed by atoms with Crippen LogP contribution >= 0.6 is 0 Å². The number of hydrogen-bond donors (Lipinski definition) is 12. The Morgan fingerprint density at radius 2 is 1.15 bits per heavy atom. The quantitative estimate of drug-likeness (QED) is 0.0201. The van der Waals surface area contributed by atoms with E-state index in [1.54, 1.807) is 58.0 Å². The van der Waals surface area contributed by atoms with E-state index in [-0.39, 0.29) is 154 Å². The van der Waals surface area contributed by atoms with Crippen LogP contribution < -0.4 is 47.7 Å². The van der Waals surface area contributed by atoms with E-state index in [0.717, 1.165) is 5.56 Å². The van der Waals surface area contributed by atoms with E-state index >= 15 is 0 Å². The molecule has 1 saturated heterocycles. The molecule has 0 aliphatic carbocycles. The van der Waals surface area contributed by atoms with Gasteiger partial charge in [0.2, 0.25) is 29.5 Å². The predicted octanol–water partition coefficient (Wildman–Crippen LogP) is -0.481. The lowest BCUT2D eigenvalue weighted by Crippen LogP contribution is -2.50. The number of ether oxygens (including phenoxy) is 2. The first-order valence-electron chi connectivity index (χ1n) is 28.8. The normalized spacial score (nSPS) is 14.6. The molecular weight excluding hydrogens is 1120 g/mol. The Morgan fingerprint density at radius 3 is 1.76 bits per heavy atom. The average Bonchev–Trinajstić information content (AvgIpc) is 1.84. The van der Waals surface area contributed by atoms with Crippen LogP contribution in [0.5, 0.6) is 11.5 Å². The number of guanidine groups is 1. The Balaban J connectivity index is 1.22. The molecule has 1 fully saturated rings. The van der Waals surface area contributed by atoms with E-state index in [0.29, 0.717) is 68.8 Å². The first-order valence-corrected chi connectivity index (χ1v) is 28.8. The number of urea groups is 1. The number of phenols is 1. The summed E-state index contributed by atoms with van der Waals surface area (Å²) in [6.07, 6.45) is 2.05. The fourth-order valence-electron chi connectivity index (χ4n) is 8.88. The lowest BCUT2D eigenvalue weighted by molar-refractivity contribution is -0.140. The molecule has 1 aliphatic heterocycles. The van der Waals surface area contributed by atoms with Crippen LogP contribution in [0.3, 0.4) is 0 Å². The maximum absolute atomic E-state index is 14.4. The van der Waals surface area contributed by atoms with Gasteiger partial charge in [-0.05, 0) is 66.6 Å². The number of amides is 7. The van der Waals surface area contributed by atoms with E-state index < -0.39 is 47.7 Å². The maximum Gasteiger partial charge on any atom is 0.321 e. The van der Waals surface area contributed by atoms with Gasteiger partial charge in [0.25, 0.3) is 0 Å². The summed E-state index contributed by atoms with van der Waals surface area (Å²) in [6, 6.07) is 20.9. The molecule has 28 nitrogen and oxygen atoms in total. The number of aliphatic imine (C=N–C) groups is 1. The Morgan fingerprint density at radius 1 is 0.581 bits per heavy atom. The van der Waals surface area contributed by atoms with Crippen molar-refractivity contribution in [2.45, 2.75) is 64.0 Å². The summed E-state index contributed by atoms with van der Waals surface area (Å²) in [5.74, 6) is -5.16. The number of unbranched alkanes of at least 4 members (excludes halogenated alkanes) is 1. The minimum absolute atomic E-state index is 0.0394. The molecule has 28 heteroatoms. The van der Waals surface area contributed by atoms with Gasteiger partial charge in [0.15, 0.2) is 5.96 Å². The topological polar surface area (TPSA) is 389 Å². The lowest BCUT2D eigenvalue weighted by Gasteiger charge is -2.32. The van der Waals surface area contributed by atoms with Crippen LogP contribution in [0.4, 0.5) is 4.79 Å². The van der Waals surface area contributed by atoms with Crippen molar-refractivity contribution in [3.8, 4) is 11.5 Å². The number of rotatable bonds is 35. The molecule has 0 bridgehead atoms. The van der Waals surface area contributed by atoms with Gasteiger partial charge >= 0.3 is 23.9 Å². The molecule has 0 radical (unpaired) electrons. The third kappa shape index (κ3) is 29.9. The van der Waals surface area contributed by atoms with Gasteiger partial charge in [-0.15, -0.1) is 0 Å². The van der Waals surface area contributed by atoms with Gasteiger partial charge < -0.3 is 67.5 Å². The predicted molar refractivity (Wildman–Crippen MR) is 317 cm³/mol. The van der Waals surface area contributed by atoms with Crippen molar-refractivity contribution in [1.82, 2.24) is 56.8 Å². The van der Waals surface area contributed by atoms with E-state index in [1.807, 2.05) is 35.2 Å². The Kier molecular flexibility index (Phi) is 32.6. The molecule has 472 valence electrons. The molecule has 0 saturated carbocycles. The summed E-state index contributed by atoms with van der Waals surface area (Å²) in [5, 5.41) is 57.2. The van der Waals surface area contributed by atoms with Crippen LogP contribution in [0, 0.1) is 0 Å². The van der Waals surface area contributed by atoms with Gasteiger partial charge in [-0.2, -0.15) is 0 Å². The number of carbonyl (C=O) groups is 9. The second-order valence-corrected chi connectivity index (χ2v) is 20.3. The highest BCUT2D eigenvalue weighted by molar-refractivity contribution is 5.95. The molecule has 0 spiro atoms. The first kappa shape index (κ1) is 70.0. The second kappa shape index (κ2) is 40.0. The third-order valence-electron chi connectivity index (χ3n) is 13.4. The largest absolute Gasteiger partial charge is 0.508 e. The molecule has 1 heterocycles. The molecule has 1 aliphatic rings. The highest BCUT2D eigenvalue weighted by Crippen LogP contribution is 2.28. The number of aliphatic carboxylic acids is 3. The molecule has 86 heavy (non-hydrogen) atoms. The highest BCUT2D eigenvalue weighted by atomic mass is 16.5. The zero-order valence-corrected chi connectivity index (χ0v) is 48.8. The van der Waals surface area contributed by atoms with Crippen LogP contribution in [-0.2, 0) is 49.6 Å². The SMILES string of the molecule is CCC(=O)NCCNC(=O)NC(N)=NCCC[C@@H](NC(=O)[C@H](c1ccccc1)c1cccc(OCCCCNC(=O)CCOCCNC(=O)CN2CCN(CC(=O)O)CCN(CC(=O)O)CCN(CC(=O)O)CC2)c1)C(=O)NCc1ccc(O)cc1. The summed E-state index contributed by atoms with van der Waals surface area (Å²) in [6.45, 7) is 4.83. The number of nitrogens with zero attached hydrogens (tertiary/aromatic N) is 5. The summed E-state index contributed by atoms with van der Waals surface area (Å²) >= 11 is 0. The minimum Gasteiger partial charge on any atom is -0.508 e. The highest BCUT2D eigenvalue weighted by Gasteiger charge is 2.29. The van der Waals surface area contributed by atoms with Crippen molar-refractivity contribution in [3.63, 3.8) is 0 Å². The molecule has 3 aromatic rings. The molecule has 2 atom stereocenters. The third-order valence-corrected chi connectivity index (χ3v) is 13.4. The number of benzene rings is 3. The number of nitrogens with one attached hydrogen (secondary N) is 7. The van der Waals surface area contributed by atoms with Crippen LogP contribution in [0.2, 0.25) is 0 Å². The van der Waals surface area contributed by atoms with Gasteiger partial charge in [-0.3, -0.25) is 68.3 Å². The molecule has 0 unspecified atom stereocenters. The molecular formula is C58H85N13O15. The van der Waals surface area contributed by atoms with Gasteiger partial charge in [-0.1, -0.05) is 61.5 Å². The number of aromatic hydroxyl groups is 1. The van der Waals surface area contributed by atoms with Crippen molar-refractivity contribution in [3.05, 3.63) is 95.6 Å². The minimum atomic E-state index is -1.05. The molecule has 7 amide bonds. The Labute approximate surface area is 500 Å². The van der Waals surface area contributed by atoms with Crippen molar-refractivity contribution < 1.29 is 73.1 Å². The van der Waals surface area contributed by atoms with E-state index in [2.05, 4.69) is 42.2 Å². The van der Waals surface area contributed by atoms with Crippen LogP contribution in [0.15, 0.2) is 83.9 Å². The fraction of sp³-hybridized carbons (Fsp3) is 0.517. The monoisotopic (exact) mass is 1200 g/mol. The van der Waals surface area contributed by atoms with E-state index in [9.17, 15) is 63.6 Å². The first-order chi connectivity index (χ1) is 41.4. The fourth-order valence-corrected chi connectivity index (χ4v) is 8.88. The van der Waals surface area contributed by atoms with E-state index in [4.69, 9.17) is 15.2 Å². The van der Waals surface area contributed by atoms with Gasteiger partial charge in [0.05, 0.1) is 51.9 Å². The molecule has 4 rings (SSSR count). The number of nitrogens with two attached hydrogens (primary N) is 1. The smallest absolute Gasteiger partial charge is 0.321 e. The van der Waals surface area contributed by atoms with Gasteiger partial charge in [0.1, 0.15) is 17.5 Å². The molecule has 13 N–H and O–H groups in total. The average molecular weight is 1200 g/mol. The standard InChI is InChI=1S/C58H85N13O15/c1-2-48(73)61-22-23-64-58(84)67-57(59)63-21-9-14-47(55(82)65-37-42-15-17-45(72)18-16-42)66-56(83)54(43-10-4-3-5-11-43)44-12-8-13-46(36-44)86-33-7-6-20-60-49(74)19-34-85-35-24-62-50(75)38-68-25-27-69(39-51(76)77)29-31-71(41-53(80)81)32-30-70(28-26-68)40-52(78)79/h3-5,8,10-13,15-18,36,47,54,72H,2,6-7,9,14,19-35,37-41H2,1H3,(H,60,74)(H,61,73)(H,62,75)(H,65,82)(H,66,83)(H,76,77)(H,78,79)(H,80,81)(H4,59,63,64,67,84)/t47-,54-/m1/s1. The second-order valence-electron chi connectivity index (χ2n) is 20.3. The van der Waals surface area contributed by atoms with Crippen molar-refractivity contribution in [2.24, 2.45) is 10.7 Å². The summed E-state index contributed by atoms with van der Waals surface area (Å²) < 4.78 is 11.7. The van der Waals surface area contributed by atoms with Crippen LogP contribution in [0.1, 0.15) is 68.1 Å². The summed E-state index contributed by atoms with van der Waals surface area (Å²) in [5.41, 5.74) is 7.94. The Bertz CT molecular complexity index is 2620. The molecule has 0 aromatic heterocycles. The van der Waals surface area contributed by atoms with Gasteiger partial charge in [0, 0.05) is 104 Å². The summed E-state index contributed by atoms with van der Waals surface area (Å²) in [4.78, 5) is 123. The number of hydrogen-bond acceptors (Lipinski definition) is 17. The van der Waals surface area contributed by atoms with E-state index in [1.165, 1.54) is 12.1 Å². The summed E-state index contributed by atoms with van der Waals surface area (Å²) in [7, 11) is 0. The van der Waals surface area contributed by atoms with Crippen LogP contribution in [0.25, 0.3) is 0 Å². The number of carboxylic acid groups (broad SMARTS) is 3. The van der Waals surface area contributed by atoms with Crippen molar-refractivity contribution >= 4 is 59.4 Å². The number of phenolic OH excluding ortho intramolecular Hbond substituents is 1. The van der Waals surface area contributed by atoms with Crippen molar-refractivity contribution in [2.75, 3.05) is 131 Å². The van der Waals surface area contributed by atoms with Crippen LogP contribution in [-0.4, -0.2) is 237 Å². The number of carbonyl (C=O) groups excluding carboxylic acids is 6. The zero-order chi connectivity index (χ0) is 62.5. The Hall–Kier alpha value is -8.44. The lowest BCUT2D eigenvalue weighted by atomic mass is 9.90. The molecule has 3 aromatic carbocycles. The zero-order valence-electron chi connectivity index (χ0n) is 48.8. The van der Waals surface area contributed by atoms with Crippen molar-refractivity contribution in [1.29, 1.82) is 0 Å². The number of carboxylic acids is 3.